The Labute approximate surface area is 107 Å². The predicted molar refractivity (Wildman–Crippen MR) is 60.2 cm³/mol. The van der Waals surface area contributed by atoms with E-state index in [0.717, 1.165) is 18.2 Å². The minimum absolute atomic E-state index is 0.340. The molecule has 1 aromatic rings. The van der Waals surface area contributed by atoms with Crippen molar-refractivity contribution in [3.8, 4) is 0 Å². The molecule has 0 aromatic heterocycles. The number of sulfonamides is 1. The number of rotatable bonds is 5. The third-order valence-electron chi connectivity index (χ3n) is 1.94. The molecule has 0 aliphatic carbocycles. The molecule has 1 atom stereocenters. The van der Waals surface area contributed by atoms with Gasteiger partial charge >= 0.3 is 5.97 Å². The molecular formula is C9H9ClFNO5S. The fourth-order valence-corrected chi connectivity index (χ4v) is 2.61. The monoisotopic (exact) mass is 297 g/mol. The summed E-state index contributed by atoms with van der Waals surface area (Å²) in [5.41, 5.74) is 0. The van der Waals surface area contributed by atoms with Crippen LogP contribution in [0, 0.1) is 5.82 Å². The highest BCUT2D eigenvalue weighted by atomic mass is 35.5. The minimum atomic E-state index is -4.11. The lowest BCUT2D eigenvalue weighted by atomic mass is 10.3. The SMILES string of the molecule is O=C(O)[C@@H](O)CNS(=O)(=O)c1ccc(F)cc1Cl. The van der Waals surface area contributed by atoms with E-state index < -0.39 is 39.4 Å². The van der Waals surface area contributed by atoms with Crippen molar-refractivity contribution >= 4 is 27.6 Å². The van der Waals surface area contributed by atoms with Crippen molar-refractivity contribution in [3.63, 3.8) is 0 Å². The number of hydrogen-bond donors (Lipinski definition) is 3. The largest absolute Gasteiger partial charge is 0.479 e. The van der Waals surface area contributed by atoms with Crippen LogP contribution in [0.1, 0.15) is 0 Å². The van der Waals surface area contributed by atoms with E-state index in [9.17, 15) is 17.6 Å². The molecule has 9 heteroatoms. The quantitative estimate of drug-likeness (QED) is 0.720. The van der Waals surface area contributed by atoms with E-state index in [0.29, 0.717) is 0 Å². The maximum absolute atomic E-state index is 12.7. The fraction of sp³-hybridized carbons (Fsp3) is 0.222. The van der Waals surface area contributed by atoms with Crippen molar-refractivity contribution in [2.24, 2.45) is 0 Å². The number of aliphatic hydroxyl groups excluding tert-OH is 1. The Balaban J connectivity index is 2.90. The zero-order valence-corrected chi connectivity index (χ0v) is 10.4. The molecule has 0 spiro atoms. The zero-order chi connectivity index (χ0) is 13.9. The summed E-state index contributed by atoms with van der Waals surface area (Å²) in [6.07, 6.45) is -1.88. The second kappa shape index (κ2) is 5.61. The molecule has 18 heavy (non-hydrogen) atoms. The first-order valence-corrected chi connectivity index (χ1v) is 6.46. The molecule has 1 aromatic carbocycles. The number of aliphatic carboxylic acids is 1. The first-order chi connectivity index (χ1) is 8.24. The predicted octanol–water partition coefficient (Wildman–Crippen LogP) is 0.203. The first-order valence-electron chi connectivity index (χ1n) is 4.59. The second-order valence-corrected chi connectivity index (χ2v) is 5.42. The van der Waals surface area contributed by atoms with Gasteiger partial charge in [-0.2, -0.15) is 0 Å². The number of halogens is 2. The third kappa shape index (κ3) is 3.64. The van der Waals surface area contributed by atoms with Gasteiger partial charge in [-0.05, 0) is 18.2 Å². The van der Waals surface area contributed by atoms with Crippen molar-refractivity contribution < 1.29 is 27.8 Å². The van der Waals surface area contributed by atoms with Crippen LogP contribution < -0.4 is 4.72 Å². The lowest BCUT2D eigenvalue weighted by Crippen LogP contribution is -2.36. The molecule has 0 aliphatic rings. The van der Waals surface area contributed by atoms with Crippen LogP contribution in [0.25, 0.3) is 0 Å². The maximum Gasteiger partial charge on any atom is 0.333 e. The van der Waals surface area contributed by atoms with Gasteiger partial charge in [0.25, 0.3) is 0 Å². The lowest BCUT2D eigenvalue weighted by molar-refractivity contribution is -0.146. The number of carbonyl (C=O) groups is 1. The summed E-state index contributed by atoms with van der Waals surface area (Å²) in [5, 5.41) is 17.0. The van der Waals surface area contributed by atoms with Crippen LogP contribution >= 0.6 is 11.6 Å². The van der Waals surface area contributed by atoms with Crippen LogP contribution in [0.5, 0.6) is 0 Å². The van der Waals surface area contributed by atoms with Gasteiger partial charge in [0.1, 0.15) is 10.7 Å². The zero-order valence-electron chi connectivity index (χ0n) is 8.80. The minimum Gasteiger partial charge on any atom is -0.479 e. The second-order valence-electron chi connectivity index (χ2n) is 3.28. The van der Waals surface area contributed by atoms with E-state index in [4.69, 9.17) is 21.8 Å². The van der Waals surface area contributed by atoms with Gasteiger partial charge in [0.05, 0.1) is 5.02 Å². The Morgan fingerprint density at radius 2 is 2.11 bits per heavy atom. The molecule has 3 N–H and O–H groups in total. The molecule has 0 amide bonds. The average Bonchev–Trinajstić information content (AvgIpc) is 2.25. The molecule has 0 saturated heterocycles. The number of carboxylic acid groups (broad SMARTS) is 1. The van der Waals surface area contributed by atoms with Gasteiger partial charge in [0.15, 0.2) is 6.10 Å². The first kappa shape index (κ1) is 14.8. The standard InChI is InChI=1S/C9H9ClFNO5S/c10-6-3-5(11)1-2-8(6)18(16,17)12-4-7(13)9(14)15/h1-3,7,12-13H,4H2,(H,14,15)/t7-/m0/s1. The van der Waals surface area contributed by atoms with Crippen molar-refractivity contribution in [1.82, 2.24) is 4.72 Å². The van der Waals surface area contributed by atoms with Crippen molar-refractivity contribution in [3.05, 3.63) is 29.0 Å². The smallest absolute Gasteiger partial charge is 0.333 e. The highest BCUT2D eigenvalue weighted by molar-refractivity contribution is 7.89. The van der Waals surface area contributed by atoms with Crippen molar-refractivity contribution in [2.75, 3.05) is 6.54 Å². The molecule has 0 bridgehead atoms. The Hall–Kier alpha value is -1.22. The summed E-state index contributed by atoms with van der Waals surface area (Å²) < 4.78 is 37.9. The average molecular weight is 298 g/mol. The van der Waals surface area contributed by atoms with E-state index in [2.05, 4.69) is 0 Å². The van der Waals surface area contributed by atoms with Gasteiger partial charge in [-0.1, -0.05) is 11.6 Å². The van der Waals surface area contributed by atoms with Crippen LogP contribution in [0.3, 0.4) is 0 Å². The normalized spacial score (nSPS) is 13.3. The lowest BCUT2D eigenvalue weighted by Gasteiger charge is -2.09. The van der Waals surface area contributed by atoms with Crippen LogP contribution in [-0.4, -0.2) is 37.2 Å². The summed E-state index contributed by atoms with van der Waals surface area (Å²) >= 11 is 5.55. The molecule has 0 heterocycles. The summed E-state index contributed by atoms with van der Waals surface area (Å²) in [6, 6.07) is 2.64. The summed E-state index contributed by atoms with van der Waals surface area (Å²) in [5.74, 6) is -2.27. The third-order valence-corrected chi connectivity index (χ3v) is 3.84. The molecule has 100 valence electrons. The number of nitrogens with one attached hydrogen (secondary N) is 1. The highest BCUT2D eigenvalue weighted by Gasteiger charge is 2.21. The van der Waals surface area contributed by atoms with E-state index in [-0.39, 0.29) is 5.02 Å². The van der Waals surface area contributed by atoms with Gasteiger partial charge in [-0.3, -0.25) is 0 Å². The summed E-state index contributed by atoms with van der Waals surface area (Å²) in [4.78, 5) is 9.90. The van der Waals surface area contributed by atoms with E-state index in [1.54, 1.807) is 0 Å². The van der Waals surface area contributed by atoms with E-state index in [1.165, 1.54) is 0 Å². The van der Waals surface area contributed by atoms with E-state index >= 15 is 0 Å². The van der Waals surface area contributed by atoms with E-state index in [1.807, 2.05) is 4.72 Å². The number of aliphatic hydroxyl groups is 1. The Bertz CT molecular complexity index is 562. The Morgan fingerprint density at radius 3 is 2.61 bits per heavy atom. The molecule has 1 rings (SSSR count). The molecular weight excluding hydrogens is 289 g/mol. The summed E-state index contributed by atoms with van der Waals surface area (Å²) in [7, 11) is -4.11. The van der Waals surface area contributed by atoms with Crippen LogP contribution in [0.4, 0.5) is 4.39 Å². The van der Waals surface area contributed by atoms with Gasteiger partial charge < -0.3 is 10.2 Å². The van der Waals surface area contributed by atoms with Gasteiger partial charge in [-0.25, -0.2) is 22.3 Å². The Kier molecular flexibility index (Phi) is 4.63. The number of hydrogen-bond acceptors (Lipinski definition) is 4. The van der Waals surface area contributed by atoms with Crippen LogP contribution in [0.2, 0.25) is 5.02 Å². The van der Waals surface area contributed by atoms with Crippen LogP contribution in [-0.2, 0) is 14.8 Å². The molecule has 6 nitrogen and oxygen atoms in total. The van der Waals surface area contributed by atoms with Crippen molar-refractivity contribution in [2.45, 2.75) is 11.0 Å². The molecule has 0 radical (unpaired) electrons. The fourth-order valence-electron chi connectivity index (χ4n) is 1.05. The van der Waals surface area contributed by atoms with Gasteiger partial charge in [0.2, 0.25) is 10.0 Å². The van der Waals surface area contributed by atoms with Crippen molar-refractivity contribution in [1.29, 1.82) is 0 Å². The molecule has 0 aliphatic heterocycles. The maximum atomic E-state index is 12.7. The van der Waals surface area contributed by atoms with Gasteiger partial charge in [-0.15, -0.1) is 0 Å². The highest BCUT2D eigenvalue weighted by Crippen LogP contribution is 2.21. The molecule has 0 fully saturated rings. The van der Waals surface area contributed by atoms with Gasteiger partial charge in [0, 0.05) is 6.54 Å². The Morgan fingerprint density at radius 1 is 1.50 bits per heavy atom. The molecule has 0 unspecified atom stereocenters. The topological polar surface area (TPSA) is 104 Å². The number of benzene rings is 1. The number of carboxylic acids is 1. The molecule has 0 saturated carbocycles. The van der Waals surface area contributed by atoms with Crippen LogP contribution in [0.15, 0.2) is 23.1 Å². The summed E-state index contributed by atoms with van der Waals surface area (Å²) in [6.45, 7) is -0.717.